The molecule has 0 amide bonds. The van der Waals surface area contributed by atoms with Gasteiger partial charge in [-0.2, -0.15) is 12.7 Å². The molecule has 0 aromatic carbocycles. The first kappa shape index (κ1) is 13.9. The molecule has 2 aliphatic rings. The van der Waals surface area contributed by atoms with Crippen molar-refractivity contribution in [1.29, 1.82) is 0 Å². The molecule has 0 aromatic rings. The molecule has 18 heavy (non-hydrogen) atoms. The van der Waals surface area contributed by atoms with Crippen LogP contribution in [-0.4, -0.2) is 27.1 Å². The number of ether oxygens (including phenoxy) is 2. The first-order chi connectivity index (χ1) is 8.40. The van der Waals surface area contributed by atoms with E-state index in [0.29, 0.717) is 5.76 Å². The van der Waals surface area contributed by atoms with E-state index in [9.17, 15) is 8.42 Å². The van der Waals surface area contributed by atoms with Crippen LogP contribution in [0.15, 0.2) is 10.9 Å². The van der Waals surface area contributed by atoms with E-state index in [1.54, 1.807) is 0 Å². The molecule has 0 atom stereocenters. The van der Waals surface area contributed by atoms with Crippen molar-refractivity contribution in [3.05, 3.63) is 10.9 Å². The molecule has 1 saturated heterocycles. The van der Waals surface area contributed by atoms with Gasteiger partial charge in [0, 0.05) is 12.8 Å². The highest BCUT2D eigenvalue weighted by Gasteiger charge is 2.41. The molecular formula is C10H16ClNO5S. The number of nitrogens with one attached hydrogen (secondary N) is 1. The highest BCUT2D eigenvalue weighted by atomic mass is 35.5. The largest absolute Gasteiger partial charge is 0.461 e. The van der Waals surface area contributed by atoms with Crippen molar-refractivity contribution >= 4 is 21.7 Å². The normalized spacial score (nSPS) is 25.9. The zero-order valence-electron chi connectivity index (χ0n) is 10.1. The van der Waals surface area contributed by atoms with Crippen LogP contribution < -0.4 is 5.48 Å². The summed E-state index contributed by atoms with van der Waals surface area (Å²) >= 11 is 5.87. The van der Waals surface area contributed by atoms with Gasteiger partial charge in [-0.3, -0.25) is 0 Å². The number of rotatable bonds is 3. The minimum atomic E-state index is -3.61. The Kier molecular flexibility index (Phi) is 4.05. The van der Waals surface area contributed by atoms with Crippen LogP contribution in [0.2, 0.25) is 0 Å². The number of halogens is 1. The van der Waals surface area contributed by atoms with E-state index in [4.69, 9.17) is 21.1 Å². The van der Waals surface area contributed by atoms with Gasteiger partial charge in [-0.15, -0.1) is 0 Å². The second kappa shape index (κ2) is 5.24. The summed E-state index contributed by atoms with van der Waals surface area (Å²) in [5, 5.41) is 0.00266. The lowest BCUT2D eigenvalue weighted by Gasteiger charge is -2.30. The Morgan fingerprint density at radius 1 is 1.39 bits per heavy atom. The molecule has 0 radical (unpaired) electrons. The fraction of sp³-hybridized carbons (Fsp3) is 0.800. The average Bonchev–Trinajstić information content (AvgIpc) is 2.70. The first-order valence-electron chi connectivity index (χ1n) is 5.76. The summed E-state index contributed by atoms with van der Waals surface area (Å²) in [6.45, 7) is 0.221. The zero-order chi connectivity index (χ0) is 13.2. The highest BCUT2D eigenvalue weighted by Crippen LogP contribution is 2.39. The molecule has 6 nitrogen and oxygen atoms in total. The minimum Gasteiger partial charge on any atom is -0.461 e. The molecular weight excluding hydrogens is 282 g/mol. The molecule has 1 spiro atoms. The summed E-state index contributed by atoms with van der Waals surface area (Å²) in [7, 11) is -3.61. The zero-order valence-corrected chi connectivity index (χ0v) is 11.6. The molecule has 1 heterocycles. The summed E-state index contributed by atoms with van der Waals surface area (Å²) in [5.41, 5.74) is 2.14. The second-order valence-corrected chi connectivity index (χ2v) is 6.44. The van der Waals surface area contributed by atoms with Crippen molar-refractivity contribution in [2.45, 2.75) is 37.9 Å². The Morgan fingerprint density at radius 2 is 2.06 bits per heavy atom. The highest BCUT2D eigenvalue weighted by molar-refractivity contribution is 7.85. The van der Waals surface area contributed by atoms with Gasteiger partial charge in [0.05, 0.1) is 6.26 Å². The quantitative estimate of drug-likeness (QED) is 0.630. The SMILES string of the molecule is CS(=O)(=O)ONC(Cl)=C1COC2(CCCCC2)O1. The van der Waals surface area contributed by atoms with Crippen LogP contribution in [0.5, 0.6) is 0 Å². The van der Waals surface area contributed by atoms with Crippen LogP contribution in [0, 0.1) is 0 Å². The van der Waals surface area contributed by atoms with E-state index in [1.165, 1.54) is 6.42 Å². The van der Waals surface area contributed by atoms with Gasteiger partial charge < -0.3 is 9.47 Å². The molecule has 1 N–H and O–H groups in total. The average molecular weight is 298 g/mol. The predicted octanol–water partition coefficient (Wildman–Crippen LogP) is 1.58. The van der Waals surface area contributed by atoms with Crippen molar-refractivity contribution in [1.82, 2.24) is 5.48 Å². The third-order valence-corrected chi connectivity index (χ3v) is 3.59. The third kappa shape index (κ3) is 3.50. The van der Waals surface area contributed by atoms with Gasteiger partial charge >= 0.3 is 0 Å². The lowest BCUT2D eigenvalue weighted by molar-refractivity contribution is -0.169. The molecule has 1 saturated carbocycles. The van der Waals surface area contributed by atoms with Crippen molar-refractivity contribution in [3.8, 4) is 0 Å². The lowest BCUT2D eigenvalue weighted by Crippen LogP contribution is -2.32. The monoisotopic (exact) mass is 297 g/mol. The van der Waals surface area contributed by atoms with E-state index in [0.717, 1.165) is 31.9 Å². The summed E-state index contributed by atoms with van der Waals surface area (Å²) in [6, 6.07) is 0. The fourth-order valence-electron chi connectivity index (χ4n) is 2.09. The maximum Gasteiger partial charge on any atom is 0.284 e. The molecule has 8 heteroatoms. The van der Waals surface area contributed by atoms with Gasteiger partial charge in [-0.1, -0.05) is 18.0 Å². The number of hydrogen-bond acceptors (Lipinski definition) is 6. The van der Waals surface area contributed by atoms with E-state index < -0.39 is 15.9 Å². The van der Waals surface area contributed by atoms with Crippen LogP contribution in [0.1, 0.15) is 32.1 Å². The van der Waals surface area contributed by atoms with E-state index in [1.807, 2.05) is 0 Å². The standard InChI is InChI=1S/C10H16ClNO5S/c1-18(13,14)17-12-9(11)8-7-15-10(16-8)5-3-2-4-6-10/h12H,2-7H2,1H3. The van der Waals surface area contributed by atoms with Crippen molar-refractivity contribution in [2.75, 3.05) is 12.9 Å². The minimum absolute atomic E-state index is 0.00266. The van der Waals surface area contributed by atoms with Crippen LogP contribution in [0.3, 0.4) is 0 Å². The van der Waals surface area contributed by atoms with Gasteiger partial charge in [-0.25, -0.2) is 5.48 Å². The summed E-state index contributed by atoms with van der Waals surface area (Å²) in [5.74, 6) is -0.206. The predicted molar refractivity (Wildman–Crippen MR) is 64.8 cm³/mol. The van der Waals surface area contributed by atoms with Gasteiger partial charge in [0.2, 0.25) is 5.79 Å². The van der Waals surface area contributed by atoms with Crippen molar-refractivity contribution in [3.63, 3.8) is 0 Å². The van der Waals surface area contributed by atoms with Crippen LogP contribution in [-0.2, 0) is 23.9 Å². The second-order valence-electron chi connectivity index (χ2n) is 4.49. The van der Waals surface area contributed by atoms with E-state index in [-0.39, 0.29) is 11.8 Å². The van der Waals surface area contributed by atoms with Gasteiger partial charge in [0.15, 0.2) is 10.9 Å². The van der Waals surface area contributed by atoms with Gasteiger partial charge in [-0.05, 0) is 12.8 Å². The Balaban J connectivity index is 1.98. The Labute approximate surface area is 111 Å². The number of hydrogen-bond donors (Lipinski definition) is 1. The van der Waals surface area contributed by atoms with Crippen LogP contribution in [0.25, 0.3) is 0 Å². The molecule has 1 aliphatic heterocycles. The maximum absolute atomic E-state index is 10.8. The number of hydroxylamine groups is 1. The molecule has 2 fully saturated rings. The first-order valence-corrected chi connectivity index (χ1v) is 7.96. The maximum atomic E-state index is 10.8. The lowest BCUT2D eigenvalue weighted by atomic mass is 9.94. The van der Waals surface area contributed by atoms with E-state index >= 15 is 0 Å². The Morgan fingerprint density at radius 3 is 2.67 bits per heavy atom. The summed E-state index contributed by atoms with van der Waals surface area (Å²) in [6.07, 6.45) is 5.86. The van der Waals surface area contributed by atoms with E-state index in [2.05, 4.69) is 9.76 Å². The van der Waals surface area contributed by atoms with Gasteiger partial charge in [0.1, 0.15) is 6.61 Å². The van der Waals surface area contributed by atoms with Crippen LogP contribution >= 0.6 is 11.6 Å². The Hall–Kier alpha value is -0.500. The topological polar surface area (TPSA) is 73.9 Å². The van der Waals surface area contributed by atoms with Crippen molar-refractivity contribution in [2.24, 2.45) is 0 Å². The molecule has 104 valence electrons. The molecule has 0 aromatic heterocycles. The molecule has 0 bridgehead atoms. The fourth-order valence-corrected chi connectivity index (χ4v) is 2.51. The smallest absolute Gasteiger partial charge is 0.284 e. The molecule has 2 rings (SSSR count). The summed E-state index contributed by atoms with van der Waals surface area (Å²) < 4.78 is 37.3. The third-order valence-electron chi connectivity index (χ3n) is 2.92. The molecule has 1 aliphatic carbocycles. The van der Waals surface area contributed by atoms with Crippen molar-refractivity contribution < 1.29 is 22.2 Å². The molecule has 0 unspecified atom stereocenters. The Bertz CT molecular complexity index is 441. The van der Waals surface area contributed by atoms with Crippen LogP contribution in [0.4, 0.5) is 0 Å². The summed E-state index contributed by atoms with van der Waals surface area (Å²) in [4.78, 5) is 0. The van der Waals surface area contributed by atoms with Gasteiger partial charge in [0.25, 0.3) is 10.1 Å².